The van der Waals surface area contributed by atoms with Gasteiger partial charge in [0.25, 0.3) is 5.91 Å². The van der Waals surface area contributed by atoms with Gasteiger partial charge in [0.15, 0.2) is 0 Å². The Labute approximate surface area is 121 Å². The summed E-state index contributed by atoms with van der Waals surface area (Å²) >= 11 is 3.45. The van der Waals surface area contributed by atoms with E-state index in [0.29, 0.717) is 11.3 Å². The maximum absolute atomic E-state index is 12.3. The molecule has 0 bridgehead atoms. The molecule has 0 atom stereocenters. The van der Waals surface area contributed by atoms with E-state index in [2.05, 4.69) is 21.2 Å². The Morgan fingerprint density at radius 3 is 2.68 bits per heavy atom. The molecule has 19 heavy (non-hydrogen) atoms. The molecule has 98 valence electrons. The van der Waals surface area contributed by atoms with E-state index in [9.17, 15) is 4.79 Å². The smallest absolute Gasteiger partial charge is 0.256 e. The van der Waals surface area contributed by atoms with Crippen molar-refractivity contribution in [3.8, 4) is 0 Å². The summed E-state index contributed by atoms with van der Waals surface area (Å²) in [5, 5.41) is 2.91. The third kappa shape index (κ3) is 2.96. The summed E-state index contributed by atoms with van der Waals surface area (Å²) in [4.78, 5) is 12.3. The maximum Gasteiger partial charge on any atom is 0.256 e. The van der Waals surface area contributed by atoms with E-state index < -0.39 is 0 Å². The lowest BCUT2D eigenvalue weighted by molar-refractivity contribution is 0.102. The van der Waals surface area contributed by atoms with Crippen molar-refractivity contribution in [2.75, 3.05) is 11.1 Å². The summed E-state index contributed by atoms with van der Waals surface area (Å²) in [5.41, 5.74) is 9.60. The predicted molar refractivity (Wildman–Crippen MR) is 82.4 cm³/mol. The molecule has 0 radical (unpaired) electrons. The number of nitrogens with one attached hydrogen (secondary N) is 1. The zero-order valence-electron chi connectivity index (χ0n) is 10.8. The molecular weight excluding hydrogens is 304 g/mol. The molecule has 0 unspecified atom stereocenters. The Bertz CT molecular complexity index is 638. The van der Waals surface area contributed by atoms with Crippen molar-refractivity contribution >= 4 is 33.2 Å². The van der Waals surface area contributed by atoms with Crippen molar-refractivity contribution in [3.63, 3.8) is 0 Å². The van der Waals surface area contributed by atoms with Crippen molar-refractivity contribution in [1.29, 1.82) is 0 Å². The van der Waals surface area contributed by atoms with Crippen molar-refractivity contribution in [2.24, 2.45) is 0 Å². The molecular formula is C15H15BrN2O. The van der Waals surface area contributed by atoms with Gasteiger partial charge in [-0.05, 0) is 49.2 Å². The first-order valence-electron chi connectivity index (χ1n) is 5.91. The minimum absolute atomic E-state index is 0.147. The van der Waals surface area contributed by atoms with E-state index in [0.717, 1.165) is 21.3 Å². The highest BCUT2D eigenvalue weighted by Crippen LogP contribution is 2.24. The number of amides is 1. The van der Waals surface area contributed by atoms with Crippen LogP contribution in [0, 0.1) is 13.8 Å². The minimum atomic E-state index is -0.147. The van der Waals surface area contributed by atoms with E-state index in [1.54, 1.807) is 12.1 Å². The molecule has 0 fully saturated rings. The number of rotatable bonds is 2. The summed E-state index contributed by atoms with van der Waals surface area (Å²) in [7, 11) is 0. The van der Waals surface area contributed by atoms with Gasteiger partial charge in [-0.1, -0.05) is 28.1 Å². The lowest BCUT2D eigenvalue weighted by atomic mass is 10.1. The van der Waals surface area contributed by atoms with Gasteiger partial charge in [0.05, 0.1) is 0 Å². The third-order valence-corrected chi connectivity index (χ3v) is 3.88. The van der Waals surface area contributed by atoms with Crippen LogP contribution >= 0.6 is 15.9 Å². The Morgan fingerprint density at radius 1 is 1.21 bits per heavy atom. The molecule has 0 aliphatic heterocycles. The molecule has 0 aromatic heterocycles. The fraction of sp³-hybridized carbons (Fsp3) is 0.133. The molecule has 2 rings (SSSR count). The van der Waals surface area contributed by atoms with Gasteiger partial charge in [-0.2, -0.15) is 0 Å². The van der Waals surface area contributed by atoms with E-state index in [4.69, 9.17) is 5.73 Å². The normalized spacial score (nSPS) is 10.3. The molecule has 3 N–H and O–H groups in total. The van der Waals surface area contributed by atoms with E-state index >= 15 is 0 Å². The maximum atomic E-state index is 12.3. The number of hydrogen-bond donors (Lipinski definition) is 2. The Hall–Kier alpha value is -1.81. The molecule has 2 aromatic rings. The summed E-state index contributed by atoms with van der Waals surface area (Å²) in [6, 6.07) is 11.0. The van der Waals surface area contributed by atoms with Gasteiger partial charge in [0.2, 0.25) is 0 Å². The lowest BCUT2D eigenvalue weighted by Gasteiger charge is -2.11. The molecule has 2 aromatic carbocycles. The van der Waals surface area contributed by atoms with Crippen LogP contribution in [0.4, 0.5) is 11.4 Å². The van der Waals surface area contributed by atoms with E-state index in [-0.39, 0.29) is 5.91 Å². The minimum Gasteiger partial charge on any atom is -0.399 e. The second-order valence-corrected chi connectivity index (χ2v) is 5.30. The summed E-state index contributed by atoms with van der Waals surface area (Å²) in [5.74, 6) is -0.147. The molecule has 1 amide bonds. The van der Waals surface area contributed by atoms with Crippen LogP contribution in [0.15, 0.2) is 40.9 Å². The number of nitrogens with two attached hydrogens (primary N) is 1. The van der Waals surface area contributed by atoms with Crippen LogP contribution in [-0.2, 0) is 0 Å². The highest BCUT2D eigenvalue weighted by atomic mass is 79.9. The fourth-order valence-corrected chi connectivity index (χ4v) is 2.18. The number of benzene rings is 2. The van der Waals surface area contributed by atoms with E-state index in [1.165, 1.54) is 0 Å². The molecule has 0 aliphatic rings. The van der Waals surface area contributed by atoms with E-state index in [1.807, 2.05) is 38.1 Å². The second-order valence-electron chi connectivity index (χ2n) is 4.44. The quantitative estimate of drug-likeness (QED) is 0.825. The van der Waals surface area contributed by atoms with Crippen LogP contribution in [0.1, 0.15) is 21.5 Å². The van der Waals surface area contributed by atoms with Gasteiger partial charge < -0.3 is 11.1 Å². The topological polar surface area (TPSA) is 55.1 Å². The first-order valence-corrected chi connectivity index (χ1v) is 6.71. The van der Waals surface area contributed by atoms with Crippen LogP contribution in [-0.4, -0.2) is 5.91 Å². The molecule has 0 spiro atoms. The molecule has 4 heteroatoms. The first kappa shape index (κ1) is 13.6. The van der Waals surface area contributed by atoms with Crippen LogP contribution in [0.5, 0.6) is 0 Å². The number of carbonyl (C=O) groups excluding carboxylic acids is 1. The molecule has 0 saturated carbocycles. The van der Waals surface area contributed by atoms with Gasteiger partial charge in [-0.3, -0.25) is 4.79 Å². The number of anilines is 2. The first-order chi connectivity index (χ1) is 8.99. The summed E-state index contributed by atoms with van der Waals surface area (Å²) in [6.45, 7) is 3.84. The zero-order valence-corrected chi connectivity index (χ0v) is 12.4. The average Bonchev–Trinajstić information content (AvgIpc) is 2.38. The summed E-state index contributed by atoms with van der Waals surface area (Å²) < 4.78 is 0.967. The van der Waals surface area contributed by atoms with Crippen LogP contribution in [0.3, 0.4) is 0 Å². The highest BCUT2D eigenvalue weighted by Gasteiger charge is 2.11. The van der Waals surface area contributed by atoms with Gasteiger partial charge >= 0.3 is 0 Å². The lowest BCUT2D eigenvalue weighted by Crippen LogP contribution is -2.14. The number of hydrogen-bond acceptors (Lipinski definition) is 2. The predicted octanol–water partition coefficient (Wildman–Crippen LogP) is 3.90. The van der Waals surface area contributed by atoms with Crippen LogP contribution < -0.4 is 11.1 Å². The summed E-state index contributed by atoms with van der Waals surface area (Å²) in [6.07, 6.45) is 0. The standard InChI is InChI=1S/C15H15BrN2O/c1-9-6-7-11(17)8-12(9)15(19)18-14-5-3-4-13(16)10(14)2/h3-8H,17H2,1-2H3,(H,18,19). The van der Waals surface area contributed by atoms with Gasteiger partial charge in [0, 0.05) is 21.4 Å². The third-order valence-electron chi connectivity index (χ3n) is 3.02. The van der Waals surface area contributed by atoms with Crippen molar-refractivity contribution < 1.29 is 4.79 Å². The Balaban J connectivity index is 2.31. The SMILES string of the molecule is Cc1ccc(N)cc1C(=O)Nc1cccc(Br)c1C. The van der Waals surface area contributed by atoms with Gasteiger partial charge in [-0.25, -0.2) is 0 Å². The largest absolute Gasteiger partial charge is 0.399 e. The molecule has 0 aliphatic carbocycles. The van der Waals surface area contributed by atoms with Crippen LogP contribution in [0.2, 0.25) is 0 Å². The number of halogens is 1. The molecule has 0 saturated heterocycles. The van der Waals surface area contributed by atoms with Gasteiger partial charge in [-0.15, -0.1) is 0 Å². The van der Waals surface area contributed by atoms with Crippen molar-refractivity contribution in [3.05, 3.63) is 57.6 Å². The van der Waals surface area contributed by atoms with Crippen molar-refractivity contribution in [2.45, 2.75) is 13.8 Å². The van der Waals surface area contributed by atoms with Crippen LogP contribution in [0.25, 0.3) is 0 Å². The number of carbonyl (C=O) groups is 1. The van der Waals surface area contributed by atoms with Gasteiger partial charge in [0.1, 0.15) is 0 Å². The fourth-order valence-electron chi connectivity index (χ4n) is 1.82. The second kappa shape index (κ2) is 5.45. The molecule has 0 heterocycles. The number of nitrogen functional groups attached to an aromatic ring is 1. The molecule has 3 nitrogen and oxygen atoms in total. The zero-order chi connectivity index (χ0) is 14.0. The average molecular weight is 319 g/mol. The Morgan fingerprint density at radius 2 is 1.95 bits per heavy atom. The Kier molecular flexibility index (Phi) is 3.90. The monoisotopic (exact) mass is 318 g/mol. The number of aryl methyl sites for hydroxylation is 1. The highest BCUT2D eigenvalue weighted by molar-refractivity contribution is 9.10. The van der Waals surface area contributed by atoms with Crippen molar-refractivity contribution in [1.82, 2.24) is 0 Å².